The molecule has 0 atom stereocenters. The van der Waals surface area contributed by atoms with Crippen molar-refractivity contribution in [1.82, 2.24) is 4.72 Å². The van der Waals surface area contributed by atoms with Crippen molar-refractivity contribution in [1.29, 1.82) is 0 Å². The molecule has 144 valence electrons. The molecule has 0 fully saturated rings. The highest BCUT2D eigenvalue weighted by atomic mass is 32.2. The molecule has 0 radical (unpaired) electrons. The SMILES string of the molecule is CCNS(=O)(=O)c1cccc(C(=O)Nc2cc(C(C)=O)ccc2OCC)c1. The zero-order chi connectivity index (χ0) is 20.0. The number of benzene rings is 2. The molecule has 27 heavy (non-hydrogen) atoms. The van der Waals surface area contributed by atoms with Gasteiger partial charge < -0.3 is 10.1 Å². The molecule has 0 saturated carbocycles. The van der Waals surface area contributed by atoms with E-state index in [4.69, 9.17) is 4.74 Å². The molecule has 7 nitrogen and oxygen atoms in total. The molecule has 0 aliphatic rings. The first kappa shape index (κ1) is 20.6. The van der Waals surface area contributed by atoms with E-state index >= 15 is 0 Å². The Labute approximate surface area is 158 Å². The summed E-state index contributed by atoms with van der Waals surface area (Å²) in [5.74, 6) is -0.232. The quantitative estimate of drug-likeness (QED) is 0.675. The van der Waals surface area contributed by atoms with Gasteiger partial charge in [0.05, 0.1) is 17.2 Å². The lowest BCUT2D eigenvalue weighted by molar-refractivity contribution is 0.101. The maximum Gasteiger partial charge on any atom is 0.255 e. The van der Waals surface area contributed by atoms with Crippen LogP contribution in [0.25, 0.3) is 0 Å². The summed E-state index contributed by atoms with van der Waals surface area (Å²) in [6, 6.07) is 10.5. The van der Waals surface area contributed by atoms with Gasteiger partial charge in [0.1, 0.15) is 5.75 Å². The smallest absolute Gasteiger partial charge is 0.255 e. The van der Waals surface area contributed by atoms with Crippen LogP contribution in [0.4, 0.5) is 5.69 Å². The molecule has 2 aromatic carbocycles. The van der Waals surface area contributed by atoms with E-state index < -0.39 is 15.9 Å². The summed E-state index contributed by atoms with van der Waals surface area (Å²) in [6.45, 7) is 5.54. The van der Waals surface area contributed by atoms with Crippen molar-refractivity contribution in [3.05, 3.63) is 53.6 Å². The zero-order valence-corrected chi connectivity index (χ0v) is 16.2. The Balaban J connectivity index is 2.35. The molecule has 2 rings (SSSR count). The summed E-state index contributed by atoms with van der Waals surface area (Å²) in [4.78, 5) is 24.2. The fourth-order valence-electron chi connectivity index (χ4n) is 2.40. The van der Waals surface area contributed by atoms with E-state index in [2.05, 4.69) is 10.0 Å². The minimum atomic E-state index is -3.67. The van der Waals surface area contributed by atoms with Gasteiger partial charge in [-0.3, -0.25) is 9.59 Å². The first-order valence-corrected chi connectivity index (χ1v) is 9.95. The first-order valence-electron chi connectivity index (χ1n) is 8.47. The normalized spacial score (nSPS) is 11.1. The van der Waals surface area contributed by atoms with Gasteiger partial charge in [0, 0.05) is 17.7 Å². The predicted molar refractivity (Wildman–Crippen MR) is 103 cm³/mol. The first-order chi connectivity index (χ1) is 12.8. The molecule has 0 aromatic heterocycles. The maximum absolute atomic E-state index is 12.6. The van der Waals surface area contributed by atoms with Crippen molar-refractivity contribution < 1.29 is 22.7 Å². The Kier molecular flexibility index (Phi) is 6.70. The number of amides is 1. The van der Waals surface area contributed by atoms with Crippen LogP contribution < -0.4 is 14.8 Å². The number of Topliss-reactive ketones (excluding diaryl/α,β-unsaturated/α-hetero) is 1. The van der Waals surface area contributed by atoms with Gasteiger partial charge in [-0.05, 0) is 50.2 Å². The van der Waals surface area contributed by atoms with Gasteiger partial charge in [0.2, 0.25) is 10.0 Å². The average Bonchev–Trinajstić information content (AvgIpc) is 2.63. The summed E-state index contributed by atoms with van der Waals surface area (Å²) in [5, 5.41) is 2.69. The highest BCUT2D eigenvalue weighted by Crippen LogP contribution is 2.27. The number of carbonyl (C=O) groups excluding carboxylic acids is 2. The van der Waals surface area contributed by atoms with Gasteiger partial charge >= 0.3 is 0 Å². The van der Waals surface area contributed by atoms with E-state index in [0.29, 0.717) is 23.6 Å². The number of nitrogens with one attached hydrogen (secondary N) is 2. The molecule has 0 aliphatic heterocycles. The van der Waals surface area contributed by atoms with Crippen LogP contribution >= 0.6 is 0 Å². The average molecular weight is 390 g/mol. The Morgan fingerprint density at radius 1 is 1.04 bits per heavy atom. The minimum absolute atomic E-state index is 0.000446. The lowest BCUT2D eigenvalue weighted by Crippen LogP contribution is -2.23. The fourth-order valence-corrected chi connectivity index (χ4v) is 3.49. The Hall–Kier alpha value is -2.71. The van der Waals surface area contributed by atoms with Gasteiger partial charge in [0.25, 0.3) is 5.91 Å². The number of hydrogen-bond donors (Lipinski definition) is 2. The topological polar surface area (TPSA) is 102 Å². The molecular weight excluding hydrogens is 368 g/mol. The minimum Gasteiger partial charge on any atom is -0.492 e. The lowest BCUT2D eigenvalue weighted by atomic mass is 10.1. The molecule has 0 saturated heterocycles. The van der Waals surface area contributed by atoms with Crippen LogP contribution in [-0.2, 0) is 10.0 Å². The summed E-state index contributed by atoms with van der Waals surface area (Å²) in [5.41, 5.74) is 0.941. The van der Waals surface area contributed by atoms with E-state index in [1.807, 2.05) is 0 Å². The van der Waals surface area contributed by atoms with Gasteiger partial charge in [-0.15, -0.1) is 0 Å². The van der Waals surface area contributed by atoms with Crippen LogP contribution in [0.3, 0.4) is 0 Å². The van der Waals surface area contributed by atoms with Crippen molar-refractivity contribution in [2.45, 2.75) is 25.7 Å². The van der Waals surface area contributed by atoms with Crippen LogP contribution in [0.5, 0.6) is 5.75 Å². The van der Waals surface area contributed by atoms with E-state index in [1.165, 1.54) is 37.3 Å². The van der Waals surface area contributed by atoms with Crippen LogP contribution in [0.1, 0.15) is 41.5 Å². The number of anilines is 1. The van der Waals surface area contributed by atoms with E-state index in [1.54, 1.807) is 26.0 Å². The van der Waals surface area contributed by atoms with Crippen molar-refractivity contribution in [2.75, 3.05) is 18.5 Å². The number of carbonyl (C=O) groups is 2. The number of sulfonamides is 1. The third-order valence-electron chi connectivity index (χ3n) is 3.68. The predicted octanol–water partition coefficient (Wildman–Crippen LogP) is 2.84. The molecule has 8 heteroatoms. The van der Waals surface area contributed by atoms with E-state index in [0.717, 1.165) is 0 Å². The molecule has 2 N–H and O–H groups in total. The summed E-state index contributed by atoms with van der Waals surface area (Å²) in [6.07, 6.45) is 0. The van der Waals surface area contributed by atoms with Gasteiger partial charge in [-0.1, -0.05) is 13.0 Å². The molecule has 0 unspecified atom stereocenters. The molecule has 0 heterocycles. The summed E-state index contributed by atoms with van der Waals surface area (Å²) in [7, 11) is -3.67. The molecule has 0 aliphatic carbocycles. The standard InChI is InChI=1S/C19H22N2O5S/c1-4-20-27(24,25)16-8-6-7-15(11-16)19(23)21-17-12-14(13(3)22)9-10-18(17)26-5-2/h6-12,20H,4-5H2,1-3H3,(H,21,23). The molecule has 2 aromatic rings. The van der Waals surface area contributed by atoms with Crippen LogP contribution in [0.2, 0.25) is 0 Å². The fraction of sp³-hybridized carbons (Fsp3) is 0.263. The van der Waals surface area contributed by atoms with Gasteiger partial charge in [-0.2, -0.15) is 0 Å². The second kappa shape index (κ2) is 8.79. The summed E-state index contributed by atoms with van der Waals surface area (Å²) >= 11 is 0. The zero-order valence-electron chi connectivity index (χ0n) is 15.4. The molecular formula is C19H22N2O5S. The van der Waals surface area contributed by atoms with Crippen LogP contribution in [-0.4, -0.2) is 33.3 Å². The Morgan fingerprint density at radius 3 is 2.41 bits per heavy atom. The highest BCUT2D eigenvalue weighted by Gasteiger charge is 2.17. The van der Waals surface area contributed by atoms with E-state index in [9.17, 15) is 18.0 Å². The largest absolute Gasteiger partial charge is 0.492 e. The van der Waals surface area contributed by atoms with Crippen molar-refractivity contribution >= 4 is 27.4 Å². The van der Waals surface area contributed by atoms with Crippen LogP contribution in [0.15, 0.2) is 47.4 Å². The second-order valence-corrected chi connectivity index (χ2v) is 7.45. The highest BCUT2D eigenvalue weighted by molar-refractivity contribution is 7.89. The third kappa shape index (κ3) is 5.15. The second-order valence-electron chi connectivity index (χ2n) is 5.68. The monoisotopic (exact) mass is 390 g/mol. The third-order valence-corrected chi connectivity index (χ3v) is 5.22. The van der Waals surface area contributed by atoms with Gasteiger partial charge in [-0.25, -0.2) is 13.1 Å². The Bertz CT molecular complexity index is 954. The number of ketones is 1. The molecule has 0 spiro atoms. The van der Waals surface area contributed by atoms with Gasteiger partial charge in [0.15, 0.2) is 5.78 Å². The molecule has 0 bridgehead atoms. The summed E-state index contributed by atoms with van der Waals surface area (Å²) < 4.78 is 32.1. The lowest BCUT2D eigenvalue weighted by Gasteiger charge is -2.13. The Morgan fingerprint density at radius 2 is 1.78 bits per heavy atom. The van der Waals surface area contributed by atoms with Crippen molar-refractivity contribution in [3.63, 3.8) is 0 Å². The van der Waals surface area contributed by atoms with Crippen molar-refractivity contribution in [2.24, 2.45) is 0 Å². The number of ether oxygens (including phenoxy) is 1. The number of rotatable bonds is 8. The van der Waals surface area contributed by atoms with Crippen molar-refractivity contribution in [3.8, 4) is 5.75 Å². The maximum atomic E-state index is 12.6. The van der Waals surface area contributed by atoms with Crippen LogP contribution in [0, 0.1) is 0 Å². The number of hydrogen-bond acceptors (Lipinski definition) is 5. The van der Waals surface area contributed by atoms with E-state index in [-0.39, 0.29) is 22.8 Å². The molecule has 1 amide bonds.